The minimum Gasteiger partial charge on any atom is -0.406 e. The fourth-order valence-corrected chi connectivity index (χ4v) is 1.72. The Bertz CT molecular complexity index is 174. The Hall–Kier alpha value is -0.0000000000000000555. The minimum atomic E-state index is 0. The zero-order valence-electron chi connectivity index (χ0n) is 5.12. The Kier molecular flexibility index (Phi) is 3.92. The number of rotatable bonds is 1. The third kappa shape index (κ3) is 2.38. The van der Waals surface area contributed by atoms with Gasteiger partial charge in [0.2, 0.25) is 0 Å². The van der Waals surface area contributed by atoms with Gasteiger partial charge in [-0.15, -0.1) is 11.8 Å². The molecule has 0 saturated carbocycles. The van der Waals surface area contributed by atoms with Crippen molar-refractivity contribution in [2.24, 2.45) is 0 Å². The van der Waals surface area contributed by atoms with Crippen molar-refractivity contribution in [1.82, 2.24) is 10.2 Å². The molecule has 1 aromatic rings. The molecular weight excluding hydrogens is 172 g/mol. The van der Waals surface area contributed by atoms with E-state index in [1.807, 2.05) is 6.26 Å². The normalized spacial score (nSPS) is 8.56. The highest BCUT2D eigenvalue weighted by Gasteiger charge is 1.84. The third-order valence-electron chi connectivity index (χ3n) is 0.563. The Balaban J connectivity index is 0.000000640. The van der Waals surface area contributed by atoms with Gasteiger partial charge in [0, 0.05) is 7.43 Å². The summed E-state index contributed by atoms with van der Waals surface area (Å²) in [7, 11) is 0. The van der Waals surface area contributed by atoms with Crippen molar-refractivity contribution in [1.29, 1.82) is 0 Å². The van der Waals surface area contributed by atoms with E-state index in [2.05, 4.69) is 10.2 Å². The van der Waals surface area contributed by atoms with E-state index in [9.17, 15) is 0 Å². The van der Waals surface area contributed by atoms with Crippen LogP contribution >= 0.6 is 23.1 Å². The summed E-state index contributed by atoms with van der Waals surface area (Å²) in [5.74, 6) is 0. The van der Waals surface area contributed by atoms with E-state index in [1.54, 1.807) is 11.8 Å². The summed E-state index contributed by atoms with van der Waals surface area (Å²) in [6.45, 7) is 0. The van der Waals surface area contributed by atoms with E-state index in [-0.39, 0.29) is 7.43 Å². The molecule has 0 aliphatic heterocycles. The molecule has 5 heteroatoms. The number of nitrogens with zero attached hydrogens (tertiary/aromatic N) is 2. The Labute approximate surface area is 68.5 Å². The average molecular weight is 178 g/mol. The second-order valence-corrected chi connectivity index (χ2v) is 3.71. The summed E-state index contributed by atoms with van der Waals surface area (Å²) < 4.78 is 1.56. The first-order chi connectivity index (χ1) is 3.83. The van der Waals surface area contributed by atoms with Gasteiger partial charge in [-0.05, 0) is 10.6 Å². The molecule has 9 heavy (non-hydrogen) atoms. The van der Waals surface area contributed by atoms with Crippen molar-refractivity contribution in [3.63, 3.8) is 0 Å². The lowest BCUT2D eigenvalue weighted by Gasteiger charge is -1.86. The molecule has 2 nitrogen and oxygen atoms in total. The van der Waals surface area contributed by atoms with Crippen LogP contribution in [0.5, 0.6) is 0 Å². The predicted octanol–water partition coefficient (Wildman–Crippen LogP) is 1.62. The molecule has 1 rings (SSSR count). The second-order valence-electron chi connectivity index (χ2n) is 1.04. The van der Waals surface area contributed by atoms with Crippen LogP contribution < -0.4 is 0 Å². The lowest BCUT2D eigenvalue weighted by molar-refractivity contribution is 0.958. The summed E-state index contributed by atoms with van der Waals surface area (Å²) in [5.41, 5.74) is 0. The molecule has 0 aromatic carbocycles. The van der Waals surface area contributed by atoms with Gasteiger partial charge in [-0.3, -0.25) is 0 Å². The Morgan fingerprint density at radius 2 is 2.22 bits per heavy atom. The highest BCUT2D eigenvalue weighted by molar-refractivity contribution is 8.00. The van der Waals surface area contributed by atoms with E-state index >= 15 is 0 Å². The van der Waals surface area contributed by atoms with Crippen molar-refractivity contribution in [3.8, 4) is 0 Å². The molecule has 0 aliphatic rings. The summed E-state index contributed by atoms with van der Waals surface area (Å²) in [5, 5.41) is 7.41. The predicted molar refractivity (Wildman–Crippen MR) is 43.7 cm³/mol. The van der Waals surface area contributed by atoms with Crippen LogP contribution in [0.3, 0.4) is 0 Å². The molecule has 0 amide bonds. The van der Waals surface area contributed by atoms with Gasteiger partial charge in [0.05, 0.1) is 4.34 Å². The molecular formula is C4H6N2S3. The molecule has 0 spiro atoms. The summed E-state index contributed by atoms with van der Waals surface area (Å²) >= 11 is 7.74. The van der Waals surface area contributed by atoms with Crippen LogP contribution in [0.1, 0.15) is 0 Å². The fraction of sp³-hybridized carbons (Fsp3) is 0.250. The van der Waals surface area contributed by atoms with Gasteiger partial charge in [-0.1, -0.05) is 0 Å². The van der Waals surface area contributed by atoms with Gasteiger partial charge >= 0.3 is 0 Å². The number of hydrogen-bond acceptors (Lipinski definition) is 5. The quantitative estimate of drug-likeness (QED) is 0.371. The molecule has 0 bridgehead atoms. The maximum atomic E-state index is 4.73. The van der Waals surface area contributed by atoms with Crippen LogP contribution in [0.4, 0.5) is 0 Å². The zero-order valence-corrected chi connectivity index (χ0v) is 7.57. The van der Waals surface area contributed by atoms with Crippen molar-refractivity contribution < 1.29 is 0 Å². The van der Waals surface area contributed by atoms with E-state index in [0.29, 0.717) is 4.34 Å². The second kappa shape index (κ2) is 3.92. The number of hydrogen-bond donors (Lipinski definition) is 0. The standard InChI is InChI=1S/C3H4N2S3.CH3/c1-7-3-5-4-2(6)8-3;/h1H3,(H,4,6);1H3/q;+1/p-1. The van der Waals surface area contributed by atoms with Gasteiger partial charge in [-0.25, -0.2) is 0 Å². The fourth-order valence-electron chi connectivity index (χ4n) is 0.280. The molecule has 0 fully saturated rings. The van der Waals surface area contributed by atoms with Gasteiger partial charge in [0.1, 0.15) is 0 Å². The molecule has 1 heterocycles. The molecule has 0 saturated heterocycles. The monoisotopic (exact) mass is 178 g/mol. The highest BCUT2D eigenvalue weighted by Crippen LogP contribution is 2.18. The SMILES string of the molecule is CSc1nnc([S-])s1.[CH3+]. The number of thioether (sulfide) groups is 1. The van der Waals surface area contributed by atoms with Crippen molar-refractivity contribution >= 4 is 35.7 Å². The smallest absolute Gasteiger partial charge is 0.0802 e. The average Bonchev–Trinajstić information content (AvgIpc) is 2.14. The first-order valence-corrected chi connectivity index (χ1v) is 4.32. The molecule has 0 unspecified atom stereocenters. The van der Waals surface area contributed by atoms with Crippen molar-refractivity contribution in [3.05, 3.63) is 7.43 Å². The first kappa shape index (κ1) is 9.00. The lowest BCUT2D eigenvalue weighted by atomic mass is 11.6. The van der Waals surface area contributed by atoms with E-state index in [1.165, 1.54) is 11.3 Å². The largest absolute Gasteiger partial charge is 0.406 e. The van der Waals surface area contributed by atoms with Gasteiger partial charge in [0.15, 0.2) is 0 Å². The highest BCUT2D eigenvalue weighted by atomic mass is 32.2. The summed E-state index contributed by atoms with van der Waals surface area (Å²) in [4.78, 5) is 0. The zero-order chi connectivity index (χ0) is 5.98. The third-order valence-corrected chi connectivity index (χ3v) is 2.59. The summed E-state index contributed by atoms with van der Waals surface area (Å²) in [6.07, 6.45) is 1.95. The van der Waals surface area contributed by atoms with Gasteiger partial charge < -0.3 is 24.0 Å². The molecule has 50 valence electrons. The van der Waals surface area contributed by atoms with Crippen LogP contribution in [0, 0.1) is 7.43 Å². The maximum Gasteiger partial charge on any atom is 0.0802 e. The van der Waals surface area contributed by atoms with Crippen LogP contribution in [0.2, 0.25) is 0 Å². The molecule has 0 aliphatic carbocycles. The number of aromatic nitrogens is 2. The van der Waals surface area contributed by atoms with Crippen LogP contribution in [0.25, 0.3) is 0 Å². The maximum absolute atomic E-state index is 4.73. The van der Waals surface area contributed by atoms with Crippen LogP contribution in [0.15, 0.2) is 8.68 Å². The van der Waals surface area contributed by atoms with E-state index in [0.717, 1.165) is 4.34 Å². The summed E-state index contributed by atoms with van der Waals surface area (Å²) in [6, 6.07) is 0. The first-order valence-electron chi connectivity index (χ1n) is 1.87. The molecule has 0 N–H and O–H groups in total. The molecule has 0 atom stereocenters. The Morgan fingerprint density at radius 3 is 2.44 bits per heavy atom. The minimum absolute atomic E-state index is 0. The molecule has 0 radical (unpaired) electrons. The van der Waals surface area contributed by atoms with E-state index < -0.39 is 0 Å². The van der Waals surface area contributed by atoms with Crippen molar-refractivity contribution in [2.45, 2.75) is 8.68 Å². The lowest BCUT2D eigenvalue weighted by Crippen LogP contribution is -1.67. The topological polar surface area (TPSA) is 25.8 Å². The Morgan fingerprint density at radius 1 is 1.56 bits per heavy atom. The molecule has 1 aromatic heterocycles. The van der Waals surface area contributed by atoms with Gasteiger partial charge in [0.25, 0.3) is 0 Å². The van der Waals surface area contributed by atoms with Crippen molar-refractivity contribution in [2.75, 3.05) is 6.26 Å². The van der Waals surface area contributed by atoms with Crippen LogP contribution in [-0.4, -0.2) is 16.5 Å². The van der Waals surface area contributed by atoms with Gasteiger partial charge in [-0.2, -0.15) is 10.2 Å². The van der Waals surface area contributed by atoms with Crippen LogP contribution in [-0.2, 0) is 12.6 Å². The van der Waals surface area contributed by atoms with E-state index in [4.69, 9.17) is 12.6 Å².